The standard InChI is InChI=1S/C26H26ClN5O3/c1-35-20-7-8-22-21(13-20)18(15-29-22)9-10-28-25(33)23-14-24-26(34)31(11-2-12-32(24)30-23)16-17-3-5-19(27)6-4-17/h3-8,13-15,29H,2,9-12,16H2,1H3,(H,28,33). The van der Waals surface area contributed by atoms with Crippen molar-refractivity contribution >= 4 is 34.3 Å². The largest absolute Gasteiger partial charge is 0.497 e. The lowest BCUT2D eigenvalue weighted by Gasteiger charge is -2.20. The van der Waals surface area contributed by atoms with Gasteiger partial charge in [-0.3, -0.25) is 14.3 Å². The zero-order valence-electron chi connectivity index (χ0n) is 19.4. The number of carbonyl (C=O) groups excluding carboxylic acids is 2. The van der Waals surface area contributed by atoms with E-state index in [9.17, 15) is 9.59 Å². The third-order valence-electron chi connectivity index (χ3n) is 6.26. The van der Waals surface area contributed by atoms with Gasteiger partial charge in [-0.2, -0.15) is 5.10 Å². The highest BCUT2D eigenvalue weighted by Crippen LogP contribution is 2.24. The first kappa shape index (κ1) is 23.0. The molecule has 2 N–H and O–H groups in total. The second kappa shape index (κ2) is 9.84. The van der Waals surface area contributed by atoms with Crippen molar-refractivity contribution in [2.75, 3.05) is 20.2 Å². The molecule has 0 radical (unpaired) electrons. The molecule has 1 aliphatic rings. The lowest BCUT2D eigenvalue weighted by atomic mass is 10.1. The van der Waals surface area contributed by atoms with Crippen LogP contribution in [0.25, 0.3) is 10.9 Å². The fourth-order valence-corrected chi connectivity index (χ4v) is 4.52. The number of aromatic nitrogens is 3. The van der Waals surface area contributed by atoms with Gasteiger partial charge in [-0.05, 0) is 54.3 Å². The van der Waals surface area contributed by atoms with E-state index in [1.165, 1.54) is 0 Å². The zero-order valence-corrected chi connectivity index (χ0v) is 20.1. The number of ether oxygens (including phenoxy) is 1. The SMILES string of the molecule is COc1ccc2[nH]cc(CCNC(=O)c3cc4n(n3)CCCN(Cc3ccc(Cl)cc3)C4=O)c2c1. The summed E-state index contributed by atoms with van der Waals surface area (Å²) >= 11 is 5.97. The van der Waals surface area contributed by atoms with Crippen molar-refractivity contribution in [1.82, 2.24) is 25.0 Å². The van der Waals surface area contributed by atoms with Crippen molar-refractivity contribution < 1.29 is 14.3 Å². The number of benzene rings is 2. The highest BCUT2D eigenvalue weighted by Gasteiger charge is 2.26. The third-order valence-corrected chi connectivity index (χ3v) is 6.51. The molecule has 2 aromatic heterocycles. The maximum absolute atomic E-state index is 13.2. The Bertz CT molecular complexity index is 1380. The van der Waals surface area contributed by atoms with Crippen LogP contribution in [0.4, 0.5) is 0 Å². The predicted molar refractivity (Wildman–Crippen MR) is 134 cm³/mol. The summed E-state index contributed by atoms with van der Waals surface area (Å²) in [5.41, 5.74) is 3.80. The fourth-order valence-electron chi connectivity index (χ4n) is 4.40. The molecule has 0 saturated carbocycles. The molecule has 4 aromatic rings. The van der Waals surface area contributed by atoms with E-state index in [1.807, 2.05) is 48.7 Å². The third kappa shape index (κ3) is 4.88. The lowest BCUT2D eigenvalue weighted by Crippen LogP contribution is -2.30. The Kier molecular flexibility index (Phi) is 6.46. The normalized spacial score (nSPS) is 13.5. The molecule has 9 heteroatoms. The van der Waals surface area contributed by atoms with Crippen LogP contribution in [0.15, 0.2) is 54.7 Å². The number of rotatable bonds is 7. The van der Waals surface area contributed by atoms with Crippen LogP contribution in [0.3, 0.4) is 0 Å². The van der Waals surface area contributed by atoms with Gasteiger partial charge in [0, 0.05) is 54.4 Å². The summed E-state index contributed by atoms with van der Waals surface area (Å²) in [7, 11) is 1.64. The zero-order chi connectivity index (χ0) is 24.4. The highest BCUT2D eigenvalue weighted by atomic mass is 35.5. The van der Waals surface area contributed by atoms with Gasteiger partial charge >= 0.3 is 0 Å². The number of methoxy groups -OCH3 is 1. The first-order valence-electron chi connectivity index (χ1n) is 11.6. The number of H-pyrrole nitrogens is 1. The lowest BCUT2D eigenvalue weighted by molar-refractivity contribution is 0.0745. The topological polar surface area (TPSA) is 92.2 Å². The Hall–Kier alpha value is -3.78. The van der Waals surface area contributed by atoms with E-state index < -0.39 is 0 Å². The van der Waals surface area contributed by atoms with Gasteiger partial charge in [-0.25, -0.2) is 0 Å². The van der Waals surface area contributed by atoms with Crippen molar-refractivity contribution in [3.8, 4) is 5.75 Å². The molecule has 0 saturated heterocycles. The van der Waals surface area contributed by atoms with Gasteiger partial charge in [0.05, 0.1) is 7.11 Å². The van der Waals surface area contributed by atoms with Crippen LogP contribution in [0.5, 0.6) is 5.75 Å². The quantitative estimate of drug-likeness (QED) is 0.408. The van der Waals surface area contributed by atoms with E-state index in [-0.39, 0.29) is 17.5 Å². The van der Waals surface area contributed by atoms with E-state index >= 15 is 0 Å². The summed E-state index contributed by atoms with van der Waals surface area (Å²) in [6, 6.07) is 14.9. The molecule has 0 bridgehead atoms. The number of halogens is 1. The molecule has 3 heterocycles. The smallest absolute Gasteiger partial charge is 0.272 e. The number of hydrogen-bond donors (Lipinski definition) is 2. The minimum Gasteiger partial charge on any atom is -0.497 e. The fraction of sp³-hybridized carbons (Fsp3) is 0.269. The molecular weight excluding hydrogens is 466 g/mol. The Morgan fingerprint density at radius 3 is 2.80 bits per heavy atom. The minimum absolute atomic E-state index is 0.128. The van der Waals surface area contributed by atoms with E-state index in [4.69, 9.17) is 16.3 Å². The van der Waals surface area contributed by atoms with Crippen LogP contribution in [0, 0.1) is 0 Å². The second-order valence-corrected chi connectivity index (χ2v) is 9.01. The summed E-state index contributed by atoms with van der Waals surface area (Å²) < 4.78 is 6.96. The first-order chi connectivity index (χ1) is 17.0. The molecule has 0 atom stereocenters. The number of nitrogens with zero attached hydrogens (tertiary/aromatic N) is 3. The van der Waals surface area contributed by atoms with E-state index in [1.54, 1.807) is 22.8 Å². The van der Waals surface area contributed by atoms with Crippen molar-refractivity contribution in [3.05, 3.63) is 82.3 Å². The van der Waals surface area contributed by atoms with Crippen LogP contribution in [-0.2, 0) is 19.5 Å². The number of nitrogens with one attached hydrogen (secondary N) is 2. The molecule has 35 heavy (non-hydrogen) atoms. The highest BCUT2D eigenvalue weighted by molar-refractivity contribution is 6.30. The Morgan fingerprint density at radius 2 is 2.00 bits per heavy atom. The minimum atomic E-state index is -0.292. The number of hydrogen-bond acceptors (Lipinski definition) is 4. The van der Waals surface area contributed by atoms with Crippen LogP contribution in [0.1, 0.15) is 38.5 Å². The van der Waals surface area contributed by atoms with Crippen molar-refractivity contribution in [2.45, 2.75) is 25.9 Å². The Labute approximate surface area is 207 Å². The van der Waals surface area contributed by atoms with Crippen LogP contribution in [0.2, 0.25) is 5.02 Å². The van der Waals surface area contributed by atoms with Crippen LogP contribution in [-0.4, -0.2) is 51.7 Å². The molecule has 0 spiro atoms. The molecule has 2 aromatic carbocycles. The van der Waals surface area contributed by atoms with Gasteiger partial charge in [0.25, 0.3) is 11.8 Å². The average molecular weight is 492 g/mol. The summed E-state index contributed by atoms with van der Waals surface area (Å²) in [6.07, 6.45) is 3.36. The maximum Gasteiger partial charge on any atom is 0.272 e. The van der Waals surface area contributed by atoms with Crippen molar-refractivity contribution in [2.24, 2.45) is 0 Å². The van der Waals surface area contributed by atoms with E-state index in [2.05, 4.69) is 15.4 Å². The Morgan fingerprint density at radius 1 is 1.17 bits per heavy atom. The average Bonchev–Trinajstić information content (AvgIpc) is 3.45. The van der Waals surface area contributed by atoms with Crippen LogP contribution < -0.4 is 10.1 Å². The van der Waals surface area contributed by atoms with E-state index in [0.717, 1.165) is 34.2 Å². The van der Waals surface area contributed by atoms with E-state index in [0.29, 0.717) is 43.3 Å². The number of amides is 2. The van der Waals surface area contributed by atoms with Crippen LogP contribution >= 0.6 is 11.6 Å². The summed E-state index contributed by atoms with van der Waals surface area (Å²) in [4.78, 5) is 31.0. The number of carbonyl (C=O) groups is 2. The second-order valence-electron chi connectivity index (χ2n) is 8.58. The molecule has 2 amide bonds. The molecule has 5 rings (SSSR count). The van der Waals surface area contributed by atoms with Gasteiger partial charge < -0.3 is 19.9 Å². The molecule has 0 aliphatic carbocycles. The molecule has 0 fully saturated rings. The van der Waals surface area contributed by atoms with Gasteiger partial charge in [-0.15, -0.1) is 0 Å². The number of aryl methyl sites for hydroxylation is 1. The molecule has 0 unspecified atom stereocenters. The van der Waals surface area contributed by atoms with Gasteiger partial charge in [0.15, 0.2) is 5.69 Å². The Balaban J connectivity index is 1.24. The summed E-state index contributed by atoms with van der Waals surface area (Å²) in [5.74, 6) is 0.369. The molecule has 180 valence electrons. The maximum atomic E-state index is 13.2. The number of fused-ring (bicyclic) bond motifs is 2. The predicted octanol–water partition coefficient (Wildman–Crippen LogP) is 4.05. The molecule has 1 aliphatic heterocycles. The summed E-state index contributed by atoms with van der Waals surface area (Å²) in [5, 5.41) is 9.08. The number of aromatic amines is 1. The van der Waals surface area contributed by atoms with Gasteiger partial charge in [0.2, 0.25) is 0 Å². The molecular formula is C26H26ClN5O3. The van der Waals surface area contributed by atoms with Crippen molar-refractivity contribution in [1.29, 1.82) is 0 Å². The van der Waals surface area contributed by atoms with Gasteiger partial charge in [0.1, 0.15) is 11.4 Å². The molecule has 8 nitrogen and oxygen atoms in total. The van der Waals surface area contributed by atoms with Gasteiger partial charge in [-0.1, -0.05) is 23.7 Å². The monoisotopic (exact) mass is 491 g/mol. The summed E-state index contributed by atoms with van der Waals surface area (Å²) in [6.45, 7) is 2.14. The first-order valence-corrected chi connectivity index (χ1v) is 11.9. The van der Waals surface area contributed by atoms with Crippen molar-refractivity contribution in [3.63, 3.8) is 0 Å².